The molecule has 5 heteroatoms. The average Bonchev–Trinajstić information content (AvgIpc) is 2.39. The quantitative estimate of drug-likeness (QED) is 0.873. The van der Waals surface area contributed by atoms with E-state index in [4.69, 9.17) is 10.4 Å². The average molecular weight is 325 g/mol. The van der Waals surface area contributed by atoms with Crippen molar-refractivity contribution < 1.29 is 9.90 Å². The molecule has 0 amide bonds. The van der Waals surface area contributed by atoms with Gasteiger partial charge in [-0.2, -0.15) is 5.26 Å². The van der Waals surface area contributed by atoms with Crippen LogP contribution in [0.4, 0.5) is 0 Å². The second-order valence-electron chi connectivity index (χ2n) is 4.47. The van der Waals surface area contributed by atoms with Gasteiger partial charge in [0.15, 0.2) is 0 Å². The first-order valence-corrected chi connectivity index (χ1v) is 6.90. The van der Waals surface area contributed by atoms with Gasteiger partial charge in [-0.05, 0) is 31.2 Å². The minimum atomic E-state index is -0.933. The summed E-state index contributed by atoms with van der Waals surface area (Å²) in [6.45, 7) is 6.19. The second-order valence-corrected chi connectivity index (χ2v) is 5.32. The van der Waals surface area contributed by atoms with E-state index in [1.54, 1.807) is 12.1 Å². The van der Waals surface area contributed by atoms with Gasteiger partial charge in [0.1, 0.15) is 0 Å². The van der Waals surface area contributed by atoms with Gasteiger partial charge >= 0.3 is 5.97 Å². The second kappa shape index (κ2) is 7.27. The van der Waals surface area contributed by atoms with E-state index in [2.05, 4.69) is 26.9 Å². The molecule has 1 atom stereocenters. The molecular weight excluding hydrogens is 308 g/mol. The molecule has 0 aromatic heterocycles. The van der Waals surface area contributed by atoms with Crippen LogP contribution in [-0.2, 0) is 6.54 Å². The molecule has 1 aromatic carbocycles. The predicted molar refractivity (Wildman–Crippen MR) is 76.8 cm³/mol. The summed E-state index contributed by atoms with van der Waals surface area (Å²) in [4.78, 5) is 13.0. The van der Waals surface area contributed by atoms with Crippen LogP contribution >= 0.6 is 15.9 Å². The van der Waals surface area contributed by atoms with Gasteiger partial charge in [0.25, 0.3) is 0 Å². The minimum Gasteiger partial charge on any atom is -0.478 e. The number of nitriles is 1. The van der Waals surface area contributed by atoms with Gasteiger partial charge in [0.2, 0.25) is 0 Å². The highest BCUT2D eigenvalue weighted by Crippen LogP contribution is 2.20. The fourth-order valence-electron chi connectivity index (χ4n) is 1.78. The third-order valence-corrected chi connectivity index (χ3v) is 3.63. The number of aromatic carboxylic acids is 1. The molecule has 19 heavy (non-hydrogen) atoms. The lowest BCUT2D eigenvalue weighted by molar-refractivity contribution is 0.0697. The lowest BCUT2D eigenvalue weighted by atomic mass is 10.1. The summed E-state index contributed by atoms with van der Waals surface area (Å²) >= 11 is 3.40. The summed E-state index contributed by atoms with van der Waals surface area (Å²) in [7, 11) is 0. The number of carboxylic acids is 1. The highest BCUT2D eigenvalue weighted by Gasteiger charge is 2.12. The highest BCUT2D eigenvalue weighted by molar-refractivity contribution is 9.10. The van der Waals surface area contributed by atoms with Crippen molar-refractivity contribution >= 4 is 21.9 Å². The Morgan fingerprint density at radius 1 is 1.58 bits per heavy atom. The molecule has 1 N–H and O–H groups in total. The molecular formula is C14H17BrN2O2. The molecule has 0 spiro atoms. The van der Waals surface area contributed by atoms with Crippen molar-refractivity contribution in [3.8, 4) is 6.07 Å². The standard InChI is InChI=1S/C14H17BrN2O2/c1-3-17(8-10(2)7-16)9-12-5-4-11(14(18)19)6-13(12)15/h4-6,10H,3,8-9H2,1-2H3,(H,18,19). The van der Waals surface area contributed by atoms with Gasteiger partial charge < -0.3 is 5.11 Å². The number of carbonyl (C=O) groups is 1. The molecule has 102 valence electrons. The first kappa shape index (κ1) is 15.7. The van der Waals surface area contributed by atoms with Crippen molar-refractivity contribution in [1.29, 1.82) is 5.26 Å². The summed E-state index contributed by atoms with van der Waals surface area (Å²) in [5.41, 5.74) is 1.29. The summed E-state index contributed by atoms with van der Waals surface area (Å²) < 4.78 is 0.787. The van der Waals surface area contributed by atoms with Crippen molar-refractivity contribution in [2.75, 3.05) is 13.1 Å². The SMILES string of the molecule is CCN(Cc1ccc(C(=O)O)cc1Br)CC(C)C#N. The van der Waals surface area contributed by atoms with E-state index in [1.165, 1.54) is 0 Å². The maximum Gasteiger partial charge on any atom is 0.335 e. The fourth-order valence-corrected chi connectivity index (χ4v) is 2.29. The number of carboxylic acid groups (broad SMARTS) is 1. The largest absolute Gasteiger partial charge is 0.478 e. The van der Waals surface area contributed by atoms with Crippen LogP contribution in [0.3, 0.4) is 0 Å². The van der Waals surface area contributed by atoms with E-state index in [9.17, 15) is 4.79 Å². The van der Waals surface area contributed by atoms with E-state index >= 15 is 0 Å². The van der Waals surface area contributed by atoms with Gasteiger partial charge in [-0.1, -0.05) is 28.9 Å². The van der Waals surface area contributed by atoms with E-state index < -0.39 is 5.97 Å². The number of nitrogens with zero attached hydrogens (tertiary/aromatic N) is 2. The van der Waals surface area contributed by atoms with Crippen LogP contribution in [0.15, 0.2) is 22.7 Å². The predicted octanol–water partition coefficient (Wildman–Crippen LogP) is 3.13. The van der Waals surface area contributed by atoms with Gasteiger partial charge in [0.05, 0.1) is 17.6 Å². The van der Waals surface area contributed by atoms with E-state index in [-0.39, 0.29) is 11.5 Å². The molecule has 0 saturated carbocycles. The number of rotatable bonds is 6. The zero-order chi connectivity index (χ0) is 14.4. The number of halogens is 1. The Balaban J connectivity index is 2.81. The van der Waals surface area contributed by atoms with Crippen LogP contribution in [-0.4, -0.2) is 29.1 Å². The smallest absolute Gasteiger partial charge is 0.335 e. The third-order valence-electron chi connectivity index (χ3n) is 2.89. The summed E-state index contributed by atoms with van der Waals surface area (Å²) in [5, 5.41) is 17.8. The van der Waals surface area contributed by atoms with Gasteiger partial charge in [-0.3, -0.25) is 4.90 Å². The van der Waals surface area contributed by atoms with Crippen molar-refractivity contribution in [1.82, 2.24) is 4.90 Å². The Labute approximate surface area is 121 Å². The molecule has 0 bridgehead atoms. The van der Waals surface area contributed by atoms with Crippen molar-refractivity contribution in [3.05, 3.63) is 33.8 Å². The summed E-state index contributed by atoms with van der Waals surface area (Å²) in [5.74, 6) is -0.949. The van der Waals surface area contributed by atoms with Crippen LogP contribution in [0.2, 0.25) is 0 Å². The van der Waals surface area contributed by atoms with Crippen molar-refractivity contribution in [3.63, 3.8) is 0 Å². The zero-order valence-corrected chi connectivity index (χ0v) is 12.6. The minimum absolute atomic E-state index is 0.0166. The van der Waals surface area contributed by atoms with Gasteiger partial charge in [0, 0.05) is 17.6 Å². The van der Waals surface area contributed by atoms with Gasteiger partial charge in [-0.15, -0.1) is 0 Å². The molecule has 0 aliphatic heterocycles. The Morgan fingerprint density at radius 3 is 2.74 bits per heavy atom. The molecule has 4 nitrogen and oxygen atoms in total. The van der Waals surface area contributed by atoms with Crippen molar-refractivity contribution in [2.45, 2.75) is 20.4 Å². The fraction of sp³-hybridized carbons (Fsp3) is 0.429. The van der Waals surface area contributed by atoms with Crippen LogP contribution in [0.5, 0.6) is 0 Å². The van der Waals surface area contributed by atoms with E-state index in [0.29, 0.717) is 13.1 Å². The van der Waals surface area contributed by atoms with Crippen LogP contribution < -0.4 is 0 Å². The lowest BCUT2D eigenvalue weighted by Crippen LogP contribution is -2.27. The zero-order valence-electron chi connectivity index (χ0n) is 11.1. The molecule has 0 saturated heterocycles. The molecule has 0 radical (unpaired) electrons. The van der Waals surface area contributed by atoms with E-state index in [0.717, 1.165) is 16.6 Å². The lowest BCUT2D eigenvalue weighted by Gasteiger charge is -2.22. The van der Waals surface area contributed by atoms with Crippen LogP contribution in [0.25, 0.3) is 0 Å². The first-order valence-electron chi connectivity index (χ1n) is 6.11. The van der Waals surface area contributed by atoms with Crippen LogP contribution in [0.1, 0.15) is 29.8 Å². The monoisotopic (exact) mass is 324 g/mol. The molecule has 0 heterocycles. The molecule has 0 fully saturated rings. The topological polar surface area (TPSA) is 64.3 Å². The maximum absolute atomic E-state index is 10.9. The normalized spacial score (nSPS) is 12.2. The van der Waals surface area contributed by atoms with E-state index in [1.807, 2.05) is 19.9 Å². The molecule has 0 aliphatic carbocycles. The van der Waals surface area contributed by atoms with Crippen LogP contribution in [0, 0.1) is 17.2 Å². The molecule has 1 unspecified atom stereocenters. The Hall–Kier alpha value is -1.38. The number of benzene rings is 1. The Bertz CT molecular complexity index is 497. The van der Waals surface area contributed by atoms with Crippen molar-refractivity contribution in [2.24, 2.45) is 5.92 Å². The first-order chi connectivity index (χ1) is 8.97. The Morgan fingerprint density at radius 2 is 2.26 bits per heavy atom. The summed E-state index contributed by atoms with van der Waals surface area (Å²) in [6.07, 6.45) is 0. The molecule has 1 rings (SSSR count). The maximum atomic E-state index is 10.9. The number of hydrogen-bond acceptors (Lipinski definition) is 3. The molecule has 1 aromatic rings. The third kappa shape index (κ3) is 4.66. The van der Waals surface area contributed by atoms with Gasteiger partial charge in [-0.25, -0.2) is 4.79 Å². The molecule has 0 aliphatic rings. The highest BCUT2D eigenvalue weighted by atomic mass is 79.9. The summed E-state index contributed by atoms with van der Waals surface area (Å²) in [6, 6.07) is 7.25. The Kier molecular flexibility index (Phi) is 6.00. The number of hydrogen-bond donors (Lipinski definition) is 1.